The fourth-order valence-corrected chi connectivity index (χ4v) is 1.67. The lowest BCUT2D eigenvalue weighted by Crippen LogP contribution is -2.43. The van der Waals surface area contributed by atoms with Crippen LogP contribution in [-0.2, 0) is 4.79 Å². The molecule has 0 fully saturated rings. The van der Waals surface area contributed by atoms with Gasteiger partial charge in [-0.1, -0.05) is 13.8 Å². The Bertz CT molecular complexity index is 305. The number of nitrogens with zero attached hydrogens (tertiary/aromatic N) is 1. The van der Waals surface area contributed by atoms with E-state index in [0.717, 1.165) is 19.5 Å². The first-order valence-electron chi connectivity index (χ1n) is 7.57. The summed E-state index contributed by atoms with van der Waals surface area (Å²) in [4.78, 5) is 16.0. The van der Waals surface area contributed by atoms with Crippen LogP contribution in [-0.4, -0.2) is 37.0 Å². The molecule has 1 amide bonds. The summed E-state index contributed by atoms with van der Waals surface area (Å²) in [5.41, 5.74) is -0.213. The van der Waals surface area contributed by atoms with Crippen LogP contribution in [0.2, 0.25) is 0 Å². The predicted molar refractivity (Wildman–Crippen MR) is 85.9 cm³/mol. The molecule has 0 heterocycles. The second-order valence-corrected chi connectivity index (χ2v) is 6.46. The molecule has 0 unspecified atom stereocenters. The molecule has 0 aromatic carbocycles. The number of carbonyl (C=O) groups excluding carboxylic acids is 1. The van der Waals surface area contributed by atoms with E-state index in [1.54, 1.807) is 0 Å². The first-order valence-corrected chi connectivity index (χ1v) is 7.57. The zero-order valence-electron chi connectivity index (χ0n) is 14.0. The molecule has 0 rings (SSSR count). The van der Waals surface area contributed by atoms with Crippen molar-refractivity contribution >= 4 is 11.9 Å². The van der Waals surface area contributed by atoms with E-state index in [1.165, 1.54) is 6.42 Å². The maximum atomic E-state index is 11.7. The van der Waals surface area contributed by atoms with Crippen LogP contribution in [0.15, 0.2) is 4.99 Å². The maximum absolute atomic E-state index is 11.7. The molecule has 20 heavy (non-hydrogen) atoms. The Kier molecular flexibility index (Phi) is 9.01. The predicted octanol–water partition coefficient (Wildman–Crippen LogP) is 1.89. The van der Waals surface area contributed by atoms with Crippen LogP contribution in [0.5, 0.6) is 0 Å². The minimum absolute atomic E-state index is 0.0584. The highest BCUT2D eigenvalue weighted by Gasteiger charge is 2.13. The quantitative estimate of drug-likeness (QED) is 0.380. The van der Waals surface area contributed by atoms with E-state index in [-0.39, 0.29) is 18.0 Å². The molecule has 118 valence electrons. The molecule has 5 nitrogen and oxygen atoms in total. The zero-order valence-corrected chi connectivity index (χ0v) is 14.0. The van der Waals surface area contributed by atoms with Gasteiger partial charge in [-0.3, -0.25) is 4.79 Å². The fourth-order valence-electron chi connectivity index (χ4n) is 1.67. The van der Waals surface area contributed by atoms with E-state index >= 15 is 0 Å². The molecule has 0 radical (unpaired) electrons. The molecular weight excluding hydrogens is 252 g/mol. The number of hydrogen-bond acceptors (Lipinski definition) is 2. The van der Waals surface area contributed by atoms with Crippen molar-refractivity contribution < 1.29 is 4.79 Å². The van der Waals surface area contributed by atoms with E-state index in [0.29, 0.717) is 11.9 Å². The lowest BCUT2D eigenvalue weighted by molar-refractivity contribution is -0.121. The van der Waals surface area contributed by atoms with E-state index in [1.807, 2.05) is 27.7 Å². The standard InChI is InChI=1S/C15H32N4O/c1-7-16-14(17-10-8-9-12(2)3)18-11-13(20)19-15(4,5)6/h12H,7-11H2,1-6H3,(H,19,20)(H2,16,17,18). The van der Waals surface area contributed by atoms with Gasteiger partial charge in [0.05, 0.1) is 0 Å². The Morgan fingerprint density at radius 2 is 1.85 bits per heavy atom. The Labute approximate surface area is 124 Å². The summed E-state index contributed by atoms with van der Waals surface area (Å²) in [6, 6.07) is 0. The highest BCUT2D eigenvalue weighted by atomic mass is 16.2. The Morgan fingerprint density at radius 1 is 1.20 bits per heavy atom. The van der Waals surface area contributed by atoms with Crippen molar-refractivity contribution in [2.24, 2.45) is 10.9 Å². The Hall–Kier alpha value is -1.26. The largest absolute Gasteiger partial charge is 0.357 e. The number of guanidine groups is 1. The van der Waals surface area contributed by atoms with Gasteiger partial charge in [0.25, 0.3) is 0 Å². The summed E-state index contributed by atoms with van der Waals surface area (Å²) in [6.45, 7) is 14.2. The highest BCUT2D eigenvalue weighted by Crippen LogP contribution is 2.01. The number of hydrogen-bond donors (Lipinski definition) is 3. The third-order valence-corrected chi connectivity index (χ3v) is 2.49. The number of amides is 1. The fraction of sp³-hybridized carbons (Fsp3) is 0.867. The Balaban J connectivity index is 4.15. The van der Waals surface area contributed by atoms with Crippen molar-refractivity contribution in [2.45, 2.75) is 59.9 Å². The van der Waals surface area contributed by atoms with Gasteiger partial charge in [0.2, 0.25) is 5.91 Å². The van der Waals surface area contributed by atoms with E-state index in [4.69, 9.17) is 0 Å². The molecule has 0 aliphatic rings. The summed E-state index contributed by atoms with van der Waals surface area (Å²) in [5.74, 6) is 1.37. The second-order valence-electron chi connectivity index (χ2n) is 6.46. The minimum Gasteiger partial charge on any atom is -0.357 e. The molecule has 0 atom stereocenters. The van der Waals surface area contributed by atoms with Crippen LogP contribution < -0.4 is 16.0 Å². The van der Waals surface area contributed by atoms with E-state index in [9.17, 15) is 4.79 Å². The number of carbonyl (C=O) groups is 1. The van der Waals surface area contributed by atoms with Crippen molar-refractivity contribution in [3.8, 4) is 0 Å². The number of rotatable bonds is 7. The smallest absolute Gasteiger partial charge is 0.242 e. The summed E-state index contributed by atoms with van der Waals surface area (Å²) in [5, 5.41) is 9.30. The molecule has 5 heteroatoms. The van der Waals surface area contributed by atoms with Gasteiger partial charge < -0.3 is 16.0 Å². The summed E-state index contributed by atoms with van der Waals surface area (Å²) in [6.07, 6.45) is 2.30. The van der Waals surface area contributed by atoms with Crippen LogP contribution in [0.25, 0.3) is 0 Å². The molecule has 0 aliphatic heterocycles. The van der Waals surface area contributed by atoms with Crippen LogP contribution in [0.3, 0.4) is 0 Å². The topological polar surface area (TPSA) is 65.5 Å². The summed E-state index contributed by atoms with van der Waals surface area (Å²) < 4.78 is 0. The molecule has 0 aromatic rings. The van der Waals surface area contributed by atoms with Crippen molar-refractivity contribution in [2.75, 3.05) is 19.6 Å². The molecule has 0 saturated carbocycles. The highest BCUT2D eigenvalue weighted by molar-refractivity contribution is 5.85. The zero-order chi connectivity index (χ0) is 15.6. The van der Waals surface area contributed by atoms with Crippen molar-refractivity contribution in [1.82, 2.24) is 16.0 Å². The van der Waals surface area contributed by atoms with Gasteiger partial charge in [-0.2, -0.15) is 0 Å². The SMILES string of the molecule is CCNC(=NCC(=O)NC(C)(C)C)NCCCC(C)C. The molecule has 0 aliphatic carbocycles. The Morgan fingerprint density at radius 3 is 2.35 bits per heavy atom. The molecule has 3 N–H and O–H groups in total. The van der Waals surface area contributed by atoms with Crippen LogP contribution in [0, 0.1) is 5.92 Å². The second kappa shape index (κ2) is 9.61. The number of aliphatic imine (C=N–C) groups is 1. The minimum atomic E-state index is -0.213. The van der Waals surface area contributed by atoms with Crippen molar-refractivity contribution in [3.05, 3.63) is 0 Å². The average molecular weight is 284 g/mol. The molecular formula is C15H32N4O. The maximum Gasteiger partial charge on any atom is 0.242 e. The third-order valence-electron chi connectivity index (χ3n) is 2.49. The van der Waals surface area contributed by atoms with Crippen LogP contribution in [0.1, 0.15) is 54.4 Å². The van der Waals surface area contributed by atoms with Gasteiger partial charge in [0.1, 0.15) is 6.54 Å². The van der Waals surface area contributed by atoms with Gasteiger partial charge in [0.15, 0.2) is 5.96 Å². The van der Waals surface area contributed by atoms with Crippen molar-refractivity contribution in [1.29, 1.82) is 0 Å². The lowest BCUT2D eigenvalue weighted by atomic mass is 10.1. The first kappa shape index (κ1) is 18.7. The van der Waals surface area contributed by atoms with Crippen LogP contribution >= 0.6 is 0 Å². The first-order chi connectivity index (χ1) is 9.24. The van der Waals surface area contributed by atoms with Crippen molar-refractivity contribution in [3.63, 3.8) is 0 Å². The average Bonchev–Trinajstić information content (AvgIpc) is 2.28. The van der Waals surface area contributed by atoms with Gasteiger partial charge in [-0.05, 0) is 46.5 Å². The summed E-state index contributed by atoms with van der Waals surface area (Å²) >= 11 is 0. The normalized spacial score (nSPS) is 12.4. The molecule has 0 bridgehead atoms. The van der Waals surface area contributed by atoms with Gasteiger partial charge in [-0.15, -0.1) is 0 Å². The molecule has 0 spiro atoms. The monoisotopic (exact) mass is 284 g/mol. The molecule has 0 aromatic heterocycles. The van der Waals surface area contributed by atoms with Gasteiger partial charge in [0, 0.05) is 18.6 Å². The van der Waals surface area contributed by atoms with E-state index in [2.05, 4.69) is 34.8 Å². The van der Waals surface area contributed by atoms with Gasteiger partial charge >= 0.3 is 0 Å². The van der Waals surface area contributed by atoms with E-state index < -0.39 is 0 Å². The third kappa shape index (κ3) is 11.8. The lowest BCUT2D eigenvalue weighted by Gasteiger charge is -2.20. The number of nitrogens with one attached hydrogen (secondary N) is 3. The van der Waals surface area contributed by atoms with Crippen LogP contribution in [0.4, 0.5) is 0 Å². The summed E-state index contributed by atoms with van der Waals surface area (Å²) in [7, 11) is 0. The molecule has 0 saturated heterocycles. The van der Waals surface area contributed by atoms with Gasteiger partial charge in [-0.25, -0.2) is 4.99 Å².